The van der Waals surface area contributed by atoms with E-state index in [1.54, 1.807) is 0 Å². The van der Waals surface area contributed by atoms with Crippen molar-refractivity contribution in [2.45, 2.75) is 6.04 Å². The van der Waals surface area contributed by atoms with Gasteiger partial charge in [0, 0.05) is 10.4 Å². The summed E-state index contributed by atoms with van der Waals surface area (Å²) in [6.45, 7) is 0. The molecule has 2 rings (SSSR count). The number of hydrogen-bond acceptors (Lipinski definition) is 5. The number of aromatic hydroxyl groups is 3. The normalized spacial score (nSPS) is 11.8. The molecule has 0 fully saturated rings. The molecule has 0 aliphatic carbocycles. The van der Waals surface area contributed by atoms with Crippen LogP contribution in [-0.2, 0) is 0 Å². The maximum absolute atomic E-state index is 9.66. The topological polar surface area (TPSA) is 86.7 Å². The lowest BCUT2D eigenvalue weighted by molar-refractivity contribution is 0.364. The Kier molecular flexibility index (Phi) is 4.22. The van der Waals surface area contributed by atoms with Crippen molar-refractivity contribution in [2.24, 2.45) is 5.73 Å². The van der Waals surface area contributed by atoms with Gasteiger partial charge in [-0.15, -0.1) is 23.7 Å². The summed E-state index contributed by atoms with van der Waals surface area (Å²) < 4.78 is 0. The predicted octanol–water partition coefficient (Wildman–Crippen LogP) is 2.33. The Hall–Kier alpha value is -1.43. The van der Waals surface area contributed by atoms with E-state index in [1.807, 2.05) is 17.5 Å². The number of benzene rings is 1. The molecule has 17 heavy (non-hydrogen) atoms. The Morgan fingerprint density at radius 1 is 1.06 bits per heavy atom. The standard InChI is InChI=1S/C11H11NO3S.ClH/c12-9(8-2-1-5-16-8)6-3-4-7(13)11(15)10(6)14;/h1-5,9,13-15H,12H2;1H/t9-;/m0./s1. The minimum atomic E-state index is -0.537. The molecule has 0 radical (unpaired) electrons. The maximum Gasteiger partial charge on any atom is 0.200 e. The van der Waals surface area contributed by atoms with Gasteiger partial charge >= 0.3 is 0 Å². The Labute approximate surface area is 108 Å². The molecule has 6 heteroatoms. The maximum atomic E-state index is 9.66. The first kappa shape index (κ1) is 13.6. The molecule has 0 spiro atoms. The first-order chi connectivity index (χ1) is 7.61. The van der Waals surface area contributed by atoms with Crippen LogP contribution in [0.4, 0.5) is 0 Å². The van der Waals surface area contributed by atoms with Crippen LogP contribution in [-0.4, -0.2) is 15.3 Å². The number of halogens is 1. The van der Waals surface area contributed by atoms with Gasteiger partial charge < -0.3 is 21.1 Å². The number of rotatable bonds is 2. The second-order valence-electron chi connectivity index (χ2n) is 3.36. The van der Waals surface area contributed by atoms with Crippen molar-refractivity contribution in [2.75, 3.05) is 0 Å². The van der Waals surface area contributed by atoms with Crippen molar-refractivity contribution >= 4 is 23.7 Å². The third-order valence-corrected chi connectivity index (χ3v) is 3.30. The zero-order chi connectivity index (χ0) is 11.7. The van der Waals surface area contributed by atoms with E-state index in [0.717, 1.165) is 4.88 Å². The molecule has 0 aliphatic heterocycles. The smallest absolute Gasteiger partial charge is 0.200 e. The summed E-state index contributed by atoms with van der Waals surface area (Å²) >= 11 is 1.46. The molecule has 92 valence electrons. The van der Waals surface area contributed by atoms with Crippen LogP contribution in [0, 0.1) is 0 Å². The molecule has 0 saturated carbocycles. The van der Waals surface area contributed by atoms with Crippen molar-refractivity contribution in [1.82, 2.24) is 0 Å². The third kappa shape index (κ3) is 2.46. The summed E-state index contributed by atoms with van der Waals surface area (Å²) in [4.78, 5) is 0.875. The van der Waals surface area contributed by atoms with Crippen LogP contribution in [0.5, 0.6) is 17.2 Å². The lowest BCUT2D eigenvalue weighted by atomic mass is 10.0. The number of phenols is 3. The summed E-state index contributed by atoms with van der Waals surface area (Å²) in [5.41, 5.74) is 6.33. The highest BCUT2D eigenvalue weighted by atomic mass is 35.5. The van der Waals surface area contributed by atoms with Gasteiger partial charge in [0.25, 0.3) is 0 Å². The van der Waals surface area contributed by atoms with E-state index in [1.165, 1.54) is 23.5 Å². The van der Waals surface area contributed by atoms with Crippen molar-refractivity contribution in [3.05, 3.63) is 40.1 Å². The van der Waals surface area contributed by atoms with Gasteiger partial charge in [-0.2, -0.15) is 0 Å². The van der Waals surface area contributed by atoms with Crippen molar-refractivity contribution in [1.29, 1.82) is 0 Å². The van der Waals surface area contributed by atoms with Gasteiger partial charge in [0.15, 0.2) is 11.5 Å². The molecule has 0 unspecified atom stereocenters. The van der Waals surface area contributed by atoms with Crippen LogP contribution in [0.1, 0.15) is 16.5 Å². The molecule has 0 saturated heterocycles. The Bertz CT molecular complexity index is 502. The molecular formula is C11H12ClNO3S. The third-order valence-electron chi connectivity index (χ3n) is 2.35. The molecule has 1 atom stereocenters. The molecule has 1 aromatic heterocycles. The molecule has 0 aliphatic rings. The van der Waals surface area contributed by atoms with Gasteiger partial charge in [-0.05, 0) is 23.6 Å². The van der Waals surface area contributed by atoms with Crippen LogP contribution in [0.3, 0.4) is 0 Å². The summed E-state index contributed by atoms with van der Waals surface area (Å²) in [6, 6.07) is 5.99. The van der Waals surface area contributed by atoms with E-state index in [0.29, 0.717) is 5.56 Å². The molecular weight excluding hydrogens is 262 g/mol. The molecule has 0 bridgehead atoms. The highest BCUT2D eigenvalue weighted by Gasteiger charge is 2.18. The highest BCUT2D eigenvalue weighted by Crippen LogP contribution is 2.41. The molecule has 2 aromatic rings. The van der Waals surface area contributed by atoms with E-state index in [4.69, 9.17) is 5.73 Å². The zero-order valence-corrected chi connectivity index (χ0v) is 10.3. The van der Waals surface area contributed by atoms with Crippen molar-refractivity contribution < 1.29 is 15.3 Å². The fourth-order valence-corrected chi connectivity index (χ4v) is 2.20. The van der Waals surface area contributed by atoms with E-state index in [2.05, 4.69) is 0 Å². The summed E-state index contributed by atoms with van der Waals surface area (Å²) in [5, 5.41) is 30.1. The van der Waals surface area contributed by atoms with Crippen LogP contribution < -0.4 is 5.73 Å². The summed E-state index contributed by atoms with van der Waals surface area (Å²) in [6.07, 6.45) is 0. The first-order valence-corrected chi connectivity index (χ1v) is 5.52. The molecule has 1 aromatic carbocycles. The average Bonchev–Trinajstić information content (AvgIpc) is 2.79. The fourth-order valence-electron chi connectivity index (χ4n) is 1.46. The molecule has 0 amide bonds. The van der Waals surface area contributed by atoms with Crippen molar-refractivity contribution in [3.8, 4) is 17.2 Å². The van der Waals surface area contributed by atoms with Crippen LogP contribution in [0.15, 0.2) is 29.6 Å². The quantitative estimate of drug-likeness (QED) is 0.633. The van der Waals surface area contributed by atoms with Crippen molar-refractivity contribution in [3.63, 3.8) is 0 Å². The second-order valence-corrected chi connectivity index (χ2v) is 4.34. The Morgan fingerprint density at radius 2 is 1.76 bits per heavy atom. The number of nitrogens with two attached hydrogens (primary N) is 1. The lowest BCUT2D eigenvalue weighted by Gasteiger charge is -2.13. The van der Waals surface area contributed by atoms with Crippen LogP contribution >= 0.6 is 23.7 Å². The second kappa shape index (κ2) is 5.27. The van der Waals surface area contributed by atoms with E-state index >= 15 is 0 Å². The molecule has 5 N–H and O–H groups in total. The highest BCUT2D eigenvalue weighted by molar-refractivity contribution is 7.10. The van der Waals surface area contributed by atoms with E-state index in [9.17, 15) is 15.3 Å². The Morgan fingerprint density at radius 3 is 2.35 bits per heavy atom. The van der Waals surface area contributed by atoms with Gasteiger partial charge in [0.05, 0.1) is 6.04 Å². The number of hydrogen-bond donors (Lipinski definition) is 4. The largest absolute Gasteiger partial charge is 0.504 e. The van der Waals surface area contributed by atoms with E-state index < -0.39 is 11.8 Å². The van der Waals surface area contributed by atoms with Crippen LogP contribution in [0.25, 0.3) is 0 Å². The minimum Gasteiger partial charge on any atom is -0.504 e. The fraction of sp³-hybridized carbons (Fsp3) is 0.0909. The van der Waals surface area contributed by atoms with Gasteiger partial charge in [-0.25, -0.2) is 0 Å². The predicted molar refractivity (Wildman–Crippen MR) is 69.0 cm³/mol. The SMILES string of the molecule is Cl.N[C@H](c1cccs1)c1ccc(O)c(O)c1O. The molecule has 1 heterocycles. The van der Waals surface area contributed by atoms with Gasteiger partial charge in [-0.1, -0.05) is 6.07 Å². The zero-order valence-electron chi connectivity index (χ0n) is 8.70. The van der Waals surface area contributed by atoms with Gasteiger partial charge in [0.2, 0.25) is 5.75 Å². The molecule has 4 nitrogen and oxygen atoms in total. The summed E-state index contributed by atoms with van der Waals surface area (Å²) in [7, 11) is 0. The van der Waals surface area contributed by atoms with Gasteiger partial charge in [0.1, 0.15) is 0 Å². The first-order valence-electron chi connectivity index (χ1n) is 4.64. The van der Waals surface area contributed by atoms with Crippen LogP contribution in [0.2, 0.25) is 0 Å². The monoisotopic (exact) mass is 273 g/mol. The van der Waals surface area contributed by atoms with Gasteiger partial charge in [-0.3, -0.25) is 0 Å². The van der Waals surface area contributed by atoms with E-state index in [-0.39, 0.29) is 23.9 Å². The number of thiophene rings is 1. The summed E-state index contributed by atoms with van der Waals surface area (Å²) in [5.74, 6) is -1.27. The average molecular weight is 274 g/mol. The number of phenolic OH excluding ortho intramolecular Hbond substituents is 3. The Balaban J connectivity index is 0.00000144. The lowest BCUT2D eigenvalue weighted by Crippen LogP contribution is -2.10. The minimum absolute atomic E-state index is 0.